The van der Waals surface area contributed by atoms with Gasteiger partial charge in [-0.25, -0.2) is 4.68 Å². The van der Waals surface area contributed by atoms with Crippen molar-refractivity contribution in [3.8, 4) is 17.1 Å². The van der Waals surface area contributed by atoms with E-state index in [0.29, 0.717) is 17.5 Å². The van der Waals surface area contributed by atoms with Gasteiger partial charge in [-0.1, -0.05) is 13.8 Å². The molecule has 0 radical (unpaired) electrons. The number of anilines is 1. The SMILES string of the molecule is COc1cc(N)cc(-c2nnnn2C2CC2(C)C)c1. The van der Waals surface area contributed by atoms with Crippen molar-refractivity contribution in [3.63, 3.8) is 0 Å². The summed E-state index contributed by atoms with van der Waals surface area (Å²) in [4.78, 5) is 0. The van der Waals surface area contributed by atoms with Gasteiger partial charge in [0.25, 0.3) is 0 Å². The average Bonchev–Trinajstić information content (AvgIpc) is 2.79. The summed E-state index contributed by atoms with van der Waals surface area (Å²) in [5, 5.41) is 12.0. The Kier molecular flexibility index (Phi) is 2.48. The van der Waals surface area contributed by atoms with Crippen molar-refractivity contribution in [2.45, 2.75) is 26.3 Å². The van der Waals surface area contributed by atoms with E-state index in [1.807, 2.05) is 16.8 Å². The normalized spacial score (nSPS) is 20.3. The molecule has 0 bridgehead atoms. The van der Waals surface area contributed by atoms with Crippen LogP contribution in [0.2, 0.25) is 0 Å². The van der Waals surface area contributed by atoms with E-state index in [2.05, 4.69) is 29.4 Å². The smallest absolute Gasteiger partial charge is 0.182 e. The molecular formula is C13H17N5O. The van der Waals surface area contributed by atoms with Crippen LogP contribution in [0.25, 0.3) is 11.4 Å². The third-order valence-electron chi connectivity index (χ3n) is 3.67. The number of rotatable bonds is 3. The molecule has 1 aliphatic rings. The van der Waals surface area contributed by atoms with Crippen LogP contribution in [0, 0.1) is 5.41 Å². The minimum Gasteiger partial charge on any atom is -0.497 e. The van der Waals surface area contributed by atoms with Crippen LogP contribution >= 0.6 is 0 Å². The minimum atomic E-state index is 0.258. The fraction of sp³-hybridized carbons (Fsp3) is 0.462. The Morgan fingerprint density at radius 3 is 2.74 bits per heavy atom. The number of hydrogen-bond acceptors (Lipinski definition) is 5. The molecular weight excluding hydrogens is 242 g/mol. The maximum absolute atomic E-state index is 5.88. The predicted molar refractivity (Wildman–Crippen MR) is 71.7 cm³/mol. The summed E-state index contributed by atoms with van der Waals surface area (Å²) in [6.45, 7) is 4.42. The van der Waals surface area contributed by atoms with Crippen LogP contribution in [0.3, 0.4) is 0 Å². The second-order valence-electron chi connectivity index (χ2n) is 5.65. The van der Waals surface area contributed by atoms with Crippen molar-refractivity contribution in [1.82, 2.24) is 20.2 Å². The summed E-state index contributed by atoms with van der Waals surface area (Å²) in [5.41, 5.74) is 7.65. The van der Waals surface area contributed by atoms with E-state index in [1.54, 1.807) is 13.2 Å². The second-order valence-corrected chi connectivity index (χ2v) is 5.65. The van der Waals surface area contributed by atoms with Gasteiger partial charge in [0.15, 0.2) is 5.82 Å². The molecule has 1 aromatic heterocycles. The summed E-state index contributed by atoms with van der Waals surface area (Å²) in [7, 11) is 1.62. The van der Waals surface area contributed by atoms with Crippen LogP contribution in [0.5, 0.6) is 5.75 Å². The van der Waals surface area contributed by atoms with Crippen LogP contribution in [-0.2, 0) is 0 Å². The molecule has 2 N–H and O–H groups in total. The Bertz CT molecular complexity index is 619. The van der Waals surface area contributed by atoms with Gasteiger partial charge in [0.1, 0.15) is 5.75 Å². The molecule has 6 nitrogen and oxygen atoms in total. The van der Waals surface area contributed by atoms with Gasteiger partial charge >= 0.3 is 0 Å². The van der Waals surface area contributed by atoms with E-state index in [-0.39, 0.29) is 5.41 Å². The molecule has 3 rings (SSSR count). The van der Waals surface area contributed by atoms with Crippen molar-refractivity contribution in [2.24, 2.45) is 5.41 Å². The van der Waals surface area contributed by atoms with Gasteiger partial charge in [0, 0.05) is 17.3 Å². The molecule has 1 aromatic carbocycles. The third-order valence-corrected chi connectivity index (χ3v) is 3.67. The molecule has 0 spiro atoms. The number of nitrogens with zero attached hydrogens (tertiary/aromatic N) is 4. The molecule has 19 heavy (non-hydrogen) atoms. The number of methoxy groups -OCH3 is 1. The summed E-state index contributed by atoms with van der Waals surface area (Å²) < 4.78 is 7.12. The monoisotopic (exact) mass is 259 g/mol. The lowest BCUT2D eigenvalue weighted by Crippen LogP contribution is -2.05. The molecule has 1 unspecified atom stereocenters. The lowest BCUT2D eigenvalue weighted by molar-refractivity contribution is 0.415. The van der Waals surface area contributed by atoms with E-state index in [4.69, 9.17) is 10.5 Å². The lowest BCUT2D eigenvalue weighted by atomic mass is 10.1. The van der Waals surface area contributed by atoms with Gasteiger partial charge in [-0.05, 0) is 34.4 Å². The van der Waals surface area contributed by atoms with Crippen LogP contribution in [0.4, 0.5) is 5.69 Å². The fourth-order valence-electron chi connectivity index (χ4n) is 2.32. The highest BCUT2D eigenvalue weighted by Gasteiger charge is 2.49. The molecule has 1 fully saturated rings. The van der Waals surface area contributed by atoms with Gasteiger partial charge in [0.2, 0.25) is 0 Å². The van der Waals surface area contributed by atoms with E-state index < -0.39 is 0 Å². The van der Waals surface area contributed by atoms with E-state index >= 15 is 0 Å². The maximum Gasteiger partial charge on any atom is 0.182 e. The van der Waals surface area contributed by atoms with Crippen molar-refractivity contribution in [3.05, 3.63) is 18.2 Å². The van der Waals surface area contributed by atoms with Crippen LogP contribution < -0.4 is 10.5 Å². The van der Waals surface area contributed by atoms with Gasteiger partial charge < -0.3 is 10.5 Å². The first kappa shape index (κ1) is 12.0. The van der Waals surface area contributed by atoms with Crippen molar-refractivity contribution in [2.75, 3.05) is 12.8 Å². The quantitative estimate of drug-likeness (QED) is 0.852. The maximum atomic E-state index is 5.88. The van der Waals surface area contributed by atoms with Crippen LogP contribution in [0.15, 0.2) is 18.2 Å². The number of benzene rings is 1. The topological polar surface area (TPSA) is 78.8 Å². The highest BCUT2D eigenvalue weighted by molar-refractivity contribution is 5.64. The number of nitrogen functional groups attached to an aromatic ring is 1. The van der Waals surface area contributed by atoms with Crippen LogP contribution in [-0.4, -0.2) is 27.3 Å². The first-order valence-electron chi connectivity index (χ1n) is 6.24. The zero-order chi connectivity index (χ0) is 13.6. The van der Waals surface area contributed by atoms with Crippen LogP contribution in [0.1, 0.15) is 26.3 Å². The second kappa shape index (κ2) is 3.94. The molecule has 1 aliphatic carbocycles. The molecule has 0 saturated heterocycles. The number of nitrogens with two attached hydrogens (primary N) is 1. The first-order chi connectivity index (χ1) is 9.01. The Balaban J connectivity index is 2.04. The Morgan fingerprint density at radius 2 is 2.11 bits per heavy atom. The summed E-state index contributed by atoms with van der Waals surface area (Å²) in [5.74, 6) is 1.45. The summed E-state index contributed by atoms with van der Waals surface area (Å²) in [6, 6.07) is 5.89. The Hall–Kier alpha value is -2.11. The Labute approximate surface area is 111 Å². The van der Waals surface area contributed by atoms with Gasteiger partial charge in [0.05, 0.1) is 13.2 Å². The van der Waals surface area contributed by atoms with Crippen molar-refractivity contribution < 1.29 is 4.74 Å². The first-order valence-corrected chi connectivity index (χ1v) is 6.24. The molecule has 2 aromatic rings. The largest absolute Gasteiger partial charge is 0.497 e. The van der Waals surface area contributed by atoms with Crippen molar-refractivity contribution >= 4 is 5.69 Å². The third kappa shape index (κ3) is 2.03. The highest BCUT2D eigenvalue weighted by atomic mass is 16.5. The number of hydrogen-bond donors (Lipinski definition) is 1. The molecule has 0 aliphatic heterocycles. The Morgan fingerprint density at radius 1 is 1.37 bits per heavy atom. The standard InChI is InChI=1S/C13H17N5O/c1-13(2)7-11(13)18-12(15-16-17-18)8-4-9(14)6-10(5-8)19-3/h4-6,11H,7,14H2,1-3H3. The average molecular weight is 259 g/mol. The highest BCUT2D eigenvalue weighted by Crippen LogP contribution is 2.55. The van der Waals surface area contributed by atoms with E-state index in [0.717, 1.165) is 17.8 Å². The molecule has 1 saturated carbocycles. The van der Waals surface area contributed by atoms with E-state index in [9.17, 15) is 0 Å². The molecule has 0 amide bonds. The minimum absolute atomic E-state index is 0.258. The molecule has 1 atom stereocenters. The number of aromatic nitrogens is 4. The lowest BCUT2D eigenvalue weighted by Gasteiger charge is -2.08. The number of ether oxygens (including phenoxy) is 1. The van der Waals surface area contributed by atoms with Gasteiger partial charge in [-0.15, -0.1) is 5.10 Å². The zero-order valence-electron chi connectivity index (χ0n) is 11.3. The van der Waals surface area contributed by atoms with Gasteiger partial charge in [-0.3, -0.25) is 0 Å². The summed E-state index contributed by atoms with van der Waals surface area (Å²) >= 11 is 0. The zero-order valence-corrected chi connectivity index (χ0v) is 11.3. The molecule has 100 valence electrons. The van der Waals surface area contributed by atoms with E-state index in [1.165, 1.54) is 0 Å². The fourth-order valence-corrected chi connectivity index (χ4v) is 2.32. The van der Waals surface area contributed by atoms with Crippen molar-refractivity contribution in [1.29, 1.82) is 0 Å². The number of tetrazole rings is 1. The molecule has 1 heterocycles. The predicted octanol–water partition coefficient (Wildman–Crippen LogP) is 1.90. The van der Waals surface area contributed by atoms with Gasteiger partial charge in [-0.2, -0.15) is 0 Å². The summed E-state index contributed by atoms with van der Waals surface area (Å²) in [6.07, 6.45) is 1.09. The molecule has 6 heteroatoms.